The summed E-state index contributed by atoms with van der Waals surface area (Å²) in [6.45, 7) is 0. The molecule has 1 aliphatic carbocycles. The van der Waals surface area contributed by atoms with Gasteiger partial charge in [-0.15, -0.1) is 0 Å². The molecular formula is C12H9F2NO. The largest absolute Gasteiger partial charge is 0.355 e. The van der Waals surface area contributed by atoms with Gasteiger partial charge >= 0.3 is 0 Å². The summed E-state index contributed by atoms with van der Waals surface area (Å²) in [5.41, 5.74) is 0.240. The highest BCUT2D eigenvalue weighted by Gasteiger charge is 2.25. The number of benzene rings is 1. The number of H-pyrrole nitrogens is 1. The smallest absolute Gasteiger partial charge is 0.192 e. The summed E-state index contributed by atoms with van der Waals surface area (Å²) in [4.78, 5) is 14.5. The molecule has 1 aliphatic rings. The lowest BCUT2D eigenvalue weighted by atomic mass is 10.1. The van der Waals surface area contributed by atoms with Gasteiger partial charge in [0.25, 0.3) is 0 Å². The summed E-state index contributed by atoms with van der Waals surface area (Å²) in [5, 5.41) is -0.190. The fraction of sp³-hybridized carbons (Fsp3) is 0.250. The van der Waals surface area contributed by atoms with Crippen LogP contribution < -0.4 is 5.43 Å². The van der Waals surface area contributed by atoms with Crippen LogP contribution >= 0.6 is 0 Å². The average molecular weight is 221 g/mol. The third-order valence-corrected chi connectivity index (χ3v) is 2.92. The first-order chi connectivity index (χ1) is 7.66. The van der Waals surface area contributed by atoms with Crippen molar-refractivity contribution in [1.82, 2.24) is 4.98 Å². The zero-order valence-electron chi connectivity index (χ0n) is 8.39. The molecule has 3 rings (SSSR count). The maximum atomic E-state index is 13.5. The van der Waals surface area contributed by atoms with E-state index in [1.54, 1.807) is 0 Å². The summed E-state index contributed by atoms with van der Waals surface area (Å²) < 4.78 is 26.9. The van der Waals surface area contributed by atoms with Crippen LogP contribution in [-0.2, 0) is 0 Å². The summed E-state index contributed by atoms with van der Waals surface area (Å²) in [6.07, 6.45) is 2.00. The number of nitrogens with one attached hydrogen (secondary N) is 1. The summed E-state index contributed by atoms with van der Waals surface area (Å²) in [7, 11) is 0. The minimum atomic E-state index is -0.681. The lowest BCUT2D eigenvalue weighted by Gasteiger charge is -2.04. The zero-order chi connectivity index (χ0) is 11.3. The van der Waals surface area contributed by atoms with Crippen LogP contribution in [0.2, 0.25) is 0 Å². The molecule has 0 unspecified atom stereocenters. The van der Waals surface area contributed by atoms with Gasteiger partial charge < -0.3 is 4.98 Å². The van der Waals surface area contributed by atoms with Gasteiger partial charge in [0.1, 0.15) is 11.6 Å². The molecule has 2 nitrogen and oxygen atoms in total. The Morgan fingerprint density at radius 2 is 1.88 bits per heavy atom. The Kier molecular flexibility index (Phi) is 1.87. The third-order valence-electron chi connectivity index (χ3n) is 2.92. The van der Waals surface area contributed by atoms with Gasteiger partial charge in [0.15, 0.2) is 5.43 Å². The van der Waals surface area contributed by atoms with Crippen LogP contribution in [0.4, 0.5) is 8.78 Å². The minimum Gasteiger partial charge on any atom is -0.355 e. The fourth-order valence-electron chi connectivity index (χ4n) is 1.92. The van der Waals surface area contributed by atoms with Crippen LogP contribution in [0.3, 0.4) is 0 Å². The minimum absolute atomic E-state index is 0.0191. The molecular weight excluding hydrogens is 212 g/mol. The van der Waals surface area contributed by atoms with E-state index in [2.05, 4.69) is 4.98 Å². The molecule has 1 saturated carbocycles. The molecule has 0 atom stereocenters. The summed E-state index contributed by atoms with van der Waals surface area (Å²) in [6, 6.07) is 3.39. The first-order valence-electron chi connectivity index (χ1n) is 5.18. The Balaban J connectivity index is 2.41. The molecule has 0 radical (unpaired) electrons. The Morgan fingerprint density at radius 3 is 2.56 bits per heavy atom. The third kappa shape index (κ3) is 1.33. The van der Waals surface area contributed by atoms with Gasteiger partial charge in [0.05, 0.1) is 10.9 Å². The number of halogens is 2. The first-order valence-corrected chi connectivity index (χ1v) is 5.18. The van der Waals surface area contributed by atoms with E-state index in [-0.39, 0.29) is 10.9 Å². The van der Waals surface area contributed by atoms with Gasteiger partial charge in [-0.05, 0) is 30.9 Å². The van der Waals surface area contributed by atoms with Crippen molar-refractivity contribution in [3.8, 4) is 0 Å². The predicted molar refractivity (Wildman–Crippen MR) is 56.5 cm³/mol. The second-order valence-electron chi connectivity index (χ2n) is 4.14. The van der Waals surface area contributed by atoms with Crippen LogP contribution in [0.25, 0.3) is 10.9 Å². The molecule has 0 aliphatic heterocycles. The van der Waals surface area contributed by atoms with Gasteiger partial charge in [0.2, 0.25) is 0 Å². The molecule has 0 amide bonds. The van der Waals surface area contributed by atoms with Gasteiger partial charge in [0, 0.05) is 11.8 Å². The van der Waals surface area contributed by atoms with E-state index in [1.165, 1.54) is 6.07 Å². The molecule has 1 N–H and O–H groups in total. The molecule has 4 heteroatoms. The first kappa shape index (κ1) is 9.51. The van der Waals surface area contributed by atoms with Crippen molar-refractivity contribution in [2.24, 2.45) is 0 Å². The molecule has 82 valence electrons. The zero-order valence-corrected chi connectivity index (χ0v) is 8.39. The number of aromatic nitrogens is 1. The lowest BCUT2D eigenvalue weighted by Crippen LogP contribution is -2.07. The Labute approximate surface area is 89.9 Å². The van der Waals surface area contributed by atoms with Crippen LogP contribution in [0, 0.1) is 11.6 Å². The number of fused-ring (bicyclic) bond motifs is 1. The summed E-state index contributed by atoms with van der Waals surface area (Å²) in [5.74, 6) is -0.962. The molecule has 0 bridgehead atoms. The average Bonchev–Trinajstić information content (AvgIpc) is 3.06. The number of hydrogen-bond acceptors (Lipinski definition) is 1. The number of aromatic amines is 1. The Morgan fingerprint density at radius 1 is 1.19 bits per heavy atom. The number of hydrogen-bond donors (Lipinski definition) is 1. The van der Waals surface area contributed by atoms with Crippen LogP contribution in [-0.4, -0.2) is 4.98 Å². The quantitative estimate of drug-likeness (QED) is 0.789. The monoisotopic (exact) mass is 221 g/mol. The molecule has 16 heavy (non-hydrogen) atoms. The lowest BCUT2D eigenvalue weighted by molar-refractivity contribution is 0.614. The number of pyridine rings is 1. The van der Waals surface area contributed by atoms with Crippen molar-refractivity contribution in [2.45, 2.75) is 18.8 Å². The van der Waals surface area contributed by atoms with E-state index in [9.17, 15) is 13.6 Å². The Hall–Kier alpha value is -1.71. The van der Waals surface area contributed by atoms with Crippen LogP contribution in [0.1, 0.15) is 24.5 Å². The van der Waals surface area contributed by atoms with Gasteiger partial charge in [-0.25, -0.2) is 8.78 Å². The van der Waals surface area contributed by atoms with E-state index in [0.29, 0.717) is 11.6 Å². The van der Waals surface area contributed by atoms with E-state index in [4.69, 9.17) is 0 Å². The van der Waals surface area contributed by atoms with E-state index < -0.39 is 17.1 Å². The van der Waals surface area contributed by atoms with Crippen molar-refractivity contribution in [1.29, 1.82) is 0 Å². The van der Waals surface area contributed by atoms with Gasteiger partial charge in [-0.2, -0.15) is 0 Å². The molecule has 1 aromatic carbocycles. The molecule has 0 spiro atoms. The highest BCUT2D eigenvalue weighted by Crippen LogP contribution is 2.39. The van der Waals surface area contributed by atoms with Gasteiger partial charge in [-0.3, -0.25) is 4.79 Å². The maximum absolute atomic E-state index is 13.5. The SMILES string of the molecule is O=c1cc(C2CC2)[nH]c2c(F)ccc(F)c12. The Bertz CT molecular complexity index is 629. The maximum Gasteiger partial charge on any atom is 0.192 e. The molecule has 1 aromatic heterocycles. The molecule has 2 aromatic rings. The van der Waals surface area contributed by atoms with Crippen LogP contribution in [0.5, 0.6) is 0 Å². The van der Waals surface area contributed by atoms with Crippen molar-refractivity contribution >= 4 is 10.9 Å². The van der Waals surface area contributed by atoms with Gasteiger partial charge in [-0.1, -0.05) is 0 Å². The molecule has 1 fully saturated rings. The van der Waals surface area contributed by atoms with Crippen LogP contribution in [0.15, 0.2) is 23.0 Å². The van der Waals surface area contributed by atoms with E-state index in [1.807, 2.05) is 0 Å². The van der Waals surface area contributed by atoms with Crippen molar-refractivity contribution in [2.75, 3.05) is 0 Å². The molecule has 1 heterocycles. The topological polar surface area (TPSA) is 32.9 Å². The normalized spacial score (nSPS) is 15.6. The standard InChI is InChI=1S/C12H9F2NO/c13-7-3-4-8(14)12-11(7)10(16)5-9(15-12)6-1-2-6/h3-6H,1-2H2,(H,15,16). The highest BCUT2D eigenvalue weighted by molar-refractivity contribution is 5.79. The molecule has 0 saturated heterocycles. The summed E-state index contributed by atoms with van der Waals surface area (Å²) >= 11 is 0. The van der Waals surface area contributed by atoms with Crippen molar-refractivity contribution in [3.63, 3.8) is 0 Å². The second kappa shape index (κ2) is 3.14. The van der Waals surface area contributed by atoms with Crippen molar-refractivity contribution in [3.05, 3.63) is 45.8 Å². The predicted octanol–water partition coefficient (Wildman–Crippen LogP) is 2.68. The second-order valence-corrected chi connectivity index (χ2v) is 4.14. The van der Waals surface area contributed by atoms with Crippen molar-refractivity contribution < 1.29 is 8.78 Å². The number of rotatable bonds is 1. The van der Waals surface area contributed by atoms with E-state index in [0.717, 1.165) is 25.0 Å². The van der Waals surface area contributed by atoms with E-state index >= 15 is 0 Å². The fourth-order valence-corrected chi connectivity index (χ4v) is 1.92. The highest BCUT2D eigenvalue weighted by atomic mass is 19.1.